The van der Waals surface area contributed by atoms with E-state index < -0.39 is 11.5 Å². The number of nitrogens with zero attached hydrogens (tertiary/aromatic N) is 2. The van der Waals surface area contributed by atoms with Crippen LogP contribution in [-0.4, -0.2) is 52.3 Å². The van der Waals surface area contributed by atoms with E-state index in [1.807, 2.05) is 18.2 Å². The molecule has 4 rings (SSSR count). The normalized spacial score (nSPS) is 22.1. The van der Waals surface area contributed by atoms with E-state index in [2.05, 4.69) is 0 Å². The van der Waals surface area contributed by atoms with Gasteiger partial charge in [-0.15, -0.1) is 0 Å². The quantitative estimate of drug-likeness (QED) is 0.626. The van der Waals surface area contributed by atoms with Gasteiger partial charge in [-0.1, -0.05) is 73.0 Å². The van der Waals surface area contributed by atoms with Crippen LogP contribution < -0.4 is 0 Å². The van der Waals surface area contributed by atoms with Crippen molar-refractivity contribution < 1.29 is 19.5 Å². The number of carbonyl (C=O) groups excluding carboxylic acids is 3. The minimum absolute atomic E-state index is 0.0765. The van der Waals surface area contributed by atoms with Crippen LogP contribution in [0, 0.1) is 0 Å². The van der Waals surface area contributed by atoms with Gasteiger partial charge >= 0.3 is 0 Å². The van der Waals surface area contributed by atoms with Crippen LogP contribution in [0.3, 0.4) is 0 Å². The molecule has 2 aromatic rings. The Morgan fingerprint density at radius 1 is 1.12 bits per heavy atom. The lowest BCUT2D eigenvalue weighted by atomic mass is 9.75. The molecule has 0 spiro atoms. The number of aliphatic hydroxyl groups excluding tert-OH is 1. The highest BCUT2D eigenvalue weighted by Gasteiger charge is 2.56. The van der Waals surface area contributed by atoms with Crippen LogP contribution in [0.4, 0.5) is 0 Å². The summed E-state index contributed by atoms with van der Waals surface area (Å²) in [5.41, 5.74) is -0.116. The van der Waals surface area contributed by atoms with Gasteiger partial charge in [0.05, 0.1) is 18.1 Å². The molecular formula is C26H29ClN2O4. The molecule has 1 saturated heterocycles. The van der Waals surface area contributed by atoms with Crippen molar-refractivity contribution in [2.75, 3.05) is 13.6 Å². The Bertz CT molecular complexity index is 1040. The summed E-state index contributed by atoms with van der Waals surface area (Å²) in [4.78, 5) is 43.0. The summed E-state index contributed by atoms with van der Waals surface area (Å²) in [6.07, 6.45) is 2.46. The van der Waals surface area contributed by atoms with E-state index in [0.29, 0.717) is 16.1 Å². The number of hydrogen-bond acceptors (Lipinski definition) is 4. The fourth-order valence-corrected chi connectivity index (χ4v) is 5.44. The summed E-state index contributed by atoms with van der Waals surface area (Å²) in [7, 11) is 1.60. The van der Waals surface area contributed by atoms with Crippen LogP contribution in [0.2, 0.25) is 5.02 Å². The van der Waals surface area contributed by atoms with Gasteiger partial charge in [0.25, 0.3) is 0 Å². The zero-order valence-corrected chi connectivity index (χ0v) is 19.5. The number of likely N-dealkylation sites (N-methyl/N-ethyl adjacent to an activating group) is 1. The summed E-state index contributed by atoms with van der Waals surface area (Å²) in [5.74, 6) is -0.899. The predicted octanol–water partition coefficient (Wildman–Crippen LogP) is 3.86. The number of aliphatic hydroxyl groups is 1. The van der Waals surface area contributed by atoms with E-state index >= 15 is 0 Å². The van der Waals surface area contributed by atoms with Crippen LogP contribution in [0.25, 0.3) is 0 Å². The Hall–Kier alpha value is -2.70. The van der Waals surface area contributed by atoms with E-state index in [1.165, 1.54) is 9.80 Å². The molecule has 1 saturated carbocycles. The molecule has 1 N–H and O–H groups in total. The van der Waals surface area contributed by atoms with E-state index in [4.69, 9.17) is 11.6 Å². The van der Waals surface area contributed by atoms with Gasteiger partial charge in [-0.3, -0.25) is 19.3 Å². The van der Waals surface area contributed by atoms with Crippen LogP contribution in [0.5, 0.6) is 0 Å². The highest BCUT2D eigenvalue weighted by Crippen LogP contribution is 2.45. The maximum atomic E-state index is 13.8. The molecular weight excluding hydrogens is 440 g/mol. The zero-order chi connectivity index (χ0) is 23.6. The van der Waals surface area contributed by atoms with Gasteiger partial charge in [0.15, 0.2) is 0 Å². The number of benzene rings is 2. The second-order valence-corrected chi connectivity index (χ2v) is 9.53. The molecule has 0 radical (unpaired) electrons. The predicted molar refractivity (Wildman–Crippen MR) is 126 cm³/mol. The lowest BCUT2D eigenvalue weighted by Crippen LogP contribution is -2.46. The molecule has 2 aliphatic rings. The lowest BCUT2D eigenvalue weighted by molar-refractivity contribution is -0.144. The van der Waals surface area contributed by atoms with Gasteiger partial charge in [-0.2, -0.15) is 0 Å². The first-order chi connectivity index (χ1) is 15.8. The SMILES string of the molecule is CN(C[C@H](O)c1ccccc1)C(=O)C[C@@]1(c2ccccc2Cl)CC(=O)N(C2CCCC2)C1=O. The van der Waals surface area contributed by atoms with Gasteiger partial charge in [0, 0.05) is 31.0 Å². The molecule has 2 fully saturated rings. The molecule has 2 atom stereocenters. The molecule has 7 heteroatoms. The fourth-order valence-electron chi connectivity index (χ4n) is 5.12. The summed E-state index contributed by atoms with van der Waals surface area (Å²) >= 11 is 6.49. The third kappa shape index (κ3) is 4.55. The first kappa shape index (κ1) is 23.5. The Morgan fingerprint density at radius 2 is 1.76 bits per heavy atom. The van der Waals surface area contributed by atoms with Crippen molar-refractivity contribution in [1.29, 1.82) is 0 Å². The van der Waals surface area contributed by atoms with Crippen LogP contribution in [0.15, 0.2) is 54.6 Å². The summed E-state index contributed by atoms with van der Waals surface area (Å²) in [5, 5.41) is 10.9. The lowest BCUT2D eigenvalue weighted by Gasteiger charge is -2.31. The summed E-state index contributed by atoms with van der Waals surface area (Å²) in [6, 6.07) is 15.9. The smallest absolute Gasteiger partial charge is 0.241 e. The highest BCUT2D eigenvalue weighted by molar-refractivity contribution is 6.32. The number of rotatable bonds is 7. The summed E-state index contributed by atoms with van der Waals surface area (Å²) < 4.78 is 0. The molecule has 1 aliphatic carbocycles. The molecule has 6 nitrogen and oxygen atoms in total. The van der Waals surface area contributed by atoms with Crippen LogP contribution in [-0.2, 0) is 19.8 Å². The monoisotopic (exact) mass is 468 g/mol. The van der Waals surface area contributed by atoms with Gasteiger partial charge in [0.2, 0.25) is 17.7 Å². The maximum Gasteiger partial charge on any atom is 0.241 e. The first-order valence-corrected chi connectivity index (χ1v) is 11.8. The minimum atomic E-state index is -1.33. The Balaban J connectivity index is 1.61. The van der Waals surface area contributed by atoms with Crippen LogP contribution >= 0.6 is 11.6 Å². The van der Waals surface area contributed by atoms with E-state index in [-0.39, 0.29) is 43.1 Å². The fraction of sp³-hybridized carbons (Fsp3) is 0.423. The van der Waals surface area contributed by atoms with Gasteiger partial charge in [-0.05, 0) is 30.0 Å². The van der Waals surface area contributed by atoms with Crippen molar-refractivity contribution in [2.24, 2.45) is 0 Å². The average Bonchev–Trinajstić information content (AvgIpc) is 3.41. The van der Waals surface area contributed by atoms with Crippen molar-refractivity contribution in [3.8, 4) is 0 Å². The van der Waals surface area contributed by atoms with Crippen molar-refractivity contribution in [3.63, 3.8) is 0 Å². The van der Waals surface area contributed by atoms with Crippen molar-refractivity contribution in [3.05, 3.63) is 70.7 Å². The standard InChI is InChI=1S/C26H29ClN2O4/c1-28(17-22(30)18-9-3-2-4-10-18)23(31)15-26(20-13-7-8-14-21(20)27)16-24(32)29(25(26)33)19-11-5-6-12-19/h2-4,7-10,13-14,19,22,30H,5-6,11-12,15-17H2,1H3/t22-,26-/m0/s1. The molecule has 1 aliphatic heterocycles. The molecule has 0 bridgehead atoms. The van der Waals surface area contributed by atoms with E-state index in [0.717, 1.165) is 25.7 Å². The molecule has 3 amide bonds. The first-order valence-electron chi connectivity index (χ1n) is 11.4. The summed E-state index contributed by atoms with van der Waals surface area (Å²) in [6.45, 7) is 0.0793. The molecule has 2 aromatic carbocycles. The van der Waals surface area contributed by atoms with Gasteiger partial charge in [-0.25, -0.2) is 0 Å². The number of imide groups is 1. The Morgan fingerprint density at radius 3 is 2.42 bits per heavy atom. The Labute approximate surface area is 199 Å². The highest BCUT2D eigenvalue weighted by atomic mass is 35.5. The van der Waals surface area contributed by atoms with Crippen molar-refractivity contribution in [2.45, 2.75) is 56.1 Å². The van der Waals surface area contributed by atoms with Gasteiger partial charge < -0.3 is 10.0 Å². The second kappa shape index (κ2) is 9.65. The van der Waals surface area contributed by atoms with Crippen molar-refractivity contribution in [1.82, 2.24) is 9.80 Å². The number of hydrogen-bond donors (Lipinski definition) is 1. The molecule has 0 aromatic heterocycles. The second-order valence-electron chi connectivity index (χ2n) is 9.12. The number of halogens is 1. The number of carbonyl (C=O) groups is 3. The topological polar surface area (TPSA) is 77.9 Å². The van der Waals surface area contributed by atoms with Gasteiger partial charge in [0.1, 0.15) is 0 Å². The number of amides is 3. The largest absolute Gasteiger partial charge is 0.387 e. The maximum absolute atomic E-state index is 13.8. The molecule has 0 unspecified atom stereocenters. The molecule has 1 heterocycles. The van der Waals surface area contributed by atoms with E-state index in [1.54, 1.807) is 43.4 Å². The third-order valence-corrected chi connectivity index (χ3v) is 7.27. The van der Waals surface area contributed by atoms with E-state index in [9.17, 15) is 19.5 Å². The Kier molecular flexibility index (Phi) is 6.86. The molecule has 33 heavy (non-hydrogen) atoms. The average molecular weight is 469 g/mol. The van der Waals surface area contributed by atoms with Crippen molar-refractivity contribution >= 4 is 29.3 Å². The molecule has 174 valence electrons. The minimum Gasteiger partial charge on any atom is -0.387 e. The zero-order valence-electron chi connectivity index (χ0n) is 18.7. The number of likely N-dealkylation sites (tertiary alicyclic amines) is 1. The van der Waals surface area contributed by atoms with Crippen LogP contribution in [0.1, 0.15) is 55.8 Å². The third-order valence-electron chi connectivity index (χ3n) is 6.94.